The number of pyridine rings is 1. The van der Waals surface area contributed by atoms with Crippen molar-refractivity contribution in [1.82, 2.24) is 15.2 Å². The Balaban J connectivity index is 0.888. The van der Waals surface area contributed by atoms with Crippen LogP contribution in [0.5, 0.6) is 11.5 Å². The number of aromatic nitrogens is 1. The van der Waals surface area contributed by atoms with Gasteiger partial charge in [0.15, 0.2) is 0 Å². The van der Waals surface area contributed by atoms with Gasteiger partial charge in [0.2, 0.25) is 5.56 Å². The summed E-state index contributed by atoms with van der Waals surface area (Å²) in [6, 6.07) is 30.4. The van der Waals surface area contributed by atoms with Crippen LogP contribution < -0.4 is 20.9 Å². The molecule has 4 heterocycles. The predicted molar refractivity (Wildman–Crippen MR) is 203 cm³/mol. The maximum Gasteiger partial charge on any atom is 0.411 e. The topological polar surface area (TPSA) is 136 Å². The van der Waals surface area contributed by atoms with Crippen molar-refractivity contribution in [2.45, 2.75) is 50.9 Å². The van der Waals surface area contributed by atoms with Crippen LogP contribution in [0, 0.1) is 5.92 Å². The summed E-state index contributed by atoms with van der Waals surface area (Å²) < 4.78 is 12.0. The molecule has 10 heteroatoms. The molecule has 5 N–H and O–H groups in total. The number of unbranched alkanes of at least 4 members (excludes halogenated alkanes) is 1. The van der Waals surface area contributed by atoms with Crippen molar-refractivity contribution in [2.75, 3.05) is 38.1 Å². The molecule has 270 valence electrons. The van der Waals surface area contributed by atoms with Gasteiger partial charge in [0.25, 0.3) is 0 Å². The molecule has 0 spiro atoms. The number of benzene rings is 4. The van der Waals surface area contributed by atoms with E-state index in [1.807, 2.05) is 42.5 Å². The Morgan fingerprint density at radius 2 is 1.77 bits per heavy atom. The number of carbonyl (C=O) groups is 1. The van der Waals surface area contributed by atoms with Crippen LogP contribution in [0.15, 0.2) is 102 Å². The summed E-state index contributed by atoms with van der Waals surface area (Å²) in [6.45, 7) is 4.41. The maximum absolute atomic E-state index is 13.1. The van der Waals surface area contributed by atoms with Crippen molar-refractivity contribution in [1.29, 1.82) is 0 Å². The van der Waals surface area contributed by atoms with Crippen molar-refractivity contribution < 1.29 is 24.5 Å². The monoisotopic (exact) mass is 702 g/mol. The number of aliphatic hydroxyl groups excluding tert-OH is 1. The second-order valence-electron chi connectivity index (χ2n) is 13.8. The van der Waals surface area contributed by atoms with Crippen molar-refractivity contribution in [3.05, 3.63) is 124 Å². The van der Waals surface area contributed by atoms with Gasteiger partial charge < -0.3 is 30.0 Å². The molecule has 5 aromatic rings. The Hall–Kier alpha value is -5.16. The largest absolute Gasteiger partial charge is 0.506 e. The number of ether oxygens (including phenoxy) is 2. The van der Waals surface area contributed by atoms with E-state index in [0.717, 1.165) is 85.4 Å². The lowest BCUT2D eigenvalue weighted by Crippen LogP contribution is -2.52. The zero-order chi connectivity index (χ0) is 35.9. The number of hydrogen-bond acceptors (Lipinski definition) is 8. The van der Waals surface area contributed by atoms with Gasteiger partial charge in [0.1, 0.15) is 17.6 Å². The summed E-state index contributed by atoms with van der Waals surface area (Å²) in [5.74, 6) is 1.20. The minimum atomic E-state index is -0.835. The fourth-order valence-electron chi connectivity index (χ4n) is 7.42. The SMILES string of the molecule is O=C(Nc1cc(CCCCOc2cccc(CNC[C@H](O)c3ccc(O)c4[nH]c(=O)ccc34)c2)ccc1-c1ccccc1)O[C@H]1CN2CCC1CC2. The summed E-state index contributed by atoms with van der Waals surface area (Å²) in [6.07, 6.45) is 3.54. The number of aromatic hydroxyl groups is 1. The number of aliphatic hydroxyl groups is 1. The van der Waals surface area contributed by atoms with Crippen LogP contribution in [-0.2, 0) is 17.7 Å². The molecular weight excluding hydrogens is 656 g/mol. The zero-order valence-electron chi connectivity index (χ0n) is 29.2. The average Bonchev–Trinajstić information content (AvgIpc) is 3.16. The third kappa shape index (κ3) is 8.65. The summed E-state index contributed by atoms with van der Waals surface area (Å²) >= 11 is 0. The average molecular weight is 703 g/mol. The van der Waals surface area contributed by atoms with E-state index in [0.29, 0.717) is 35.5 Å². The lowest BCUT2D eigenvalue weighted by atomic mass is 9.86. The molecule has 3 aliphatic heterocycles. The molecule has 0 saturated carbocycles. The van der Waals surface area contributed by atoms with Gasteiger partial charge in [-0.05, 0) is 104 Å². The van der Waals surface area contributed by atoms with E-state index in [-0.39, 0.29) is 30.1 Å². The number of aromatic amines is 1. The number of nitrogens with one attached hydrogen (secondary N) is 3. The molecule has 2 atom stereocenters. The van der Waals surface area contributed by atoms with Crippen molar-refractivity contribution in [3.63, 3.8) is 0 Å². The summed E-state index contributed by atoms with van der Waals surface area (Å²) in [4.78, 5) is 29.9. The minimum Gasteiger partial charge on any atom is -0.506 e. The third-order valence-corrected chi connectivity index (χ3v) is 10.2. The van der Waals surface area contributed by atoms with Crippen LogP contribution in [0.1, 0.15) is 48.5 Å². The molecule has 3 fully saturated rings. The number of hydrogen-bond donors (Lipinski definition) is 5. The molecular formula is C42H46N4O6. The number of fused-ring (bicyclic) bond motifs is 4. The van der Waals surface area contributed by atoms with Gasteiger partial charge in [-0.15, -0.1) is 0 Å². The number of nitrogens with zero attached hydrogens (tertiary/aromatic N) is 1. The number of piperidine rings is 3. The fraction of sp³-hybridized carbons (Fsp3) is 0.333. The number of aryl methyl sites for hydroxylation is 1. The van der Waals surface area contributed by atoms with E-state index in [4.69, 9.17) is 9.47 Å². The van der Waals surface area contributed by atoms with Gasteiger partial charge in [0, 0.05) is 36.7 Å². The third-order valence-electron chi connectivity index (χ3n) is 10.2. The molecule has 1 amide bonds. The number of H-pyrrole nitrogens is 1. The van der Waals surface area contributed by atoms with Crippen LogP contribution in [0.3, 0.4) is 0 Å². The lowest BCUT2D eigenvalue weighted by Gasteiger charge is -2.43. The van der Waals surface area contributed by atoms with E-state index in [1.165, 1.54) is 12.1 Å². The molecule has 1 aromatic heterocycles. The molecule has 2 bridgehead atoms. The van der Waals surface area contributed by atoms with Crippen LogP contribution in [0.25, 0.3) is 22.0 Å². The van der Waals surface area contributed by atoms with Crippen LogP contribution in [0.2, 0.25) is 0 Å². The molecule has 0 radical (unpaired) electrons. The van der Waals surface area contributed by atoms with E-state index in [1.54, 1.807) is 12.1 Å². The van der Waals surface area contributed by atoms with E-state index in [2.05, 4.69) is 50.8 Å². The first kappa shape index (κ1) is 35.3. The van der Waals surface area contributed by atoms with Crippen LogP contribution in [0.4, 0.5) is 10.5 Å². The second-order valence-corrected chi connectivity index (χ2v) is 13.8. The van der Waals surface area contributed by atoms with Crippen molar-refractivity contribution in [3.8, 4) is 22.6 Å². The first-order valence-electron chi connectivity index (χ1n) is 18.2. The van der Waals surface area contributed by atoms with E-state index in [9.17, 15) is 19.8 Å². The lowest BCUT2D eigenvalue weighted by molar-refractivity contribution is -0.0289. The Labute approximate surface area is 303 Å². The smallest absolute Gasteiger partial charge is 0.411 e. The predicted octanol–water partition coefficient (Wildman–Crippen LogP) is 6.77. The second kappa shape index (κ2) is 16.5. The van der Waals surface area contributed by atoms with Gasteiger partial charge in [0.05, 0.1) is 23.9 Å². The van der Waals surface area contributed by atoms with Gasteiger partial charge >= 0.3 is 6.09 Å². The standard InChI is InChI=1S/C42H46N4O6/c47-37-16-14-34(35-15-17-40(49)45-41(35)37)38(48)26-43-25-29-8-6-11-32(23-29)51-22-5-4-7-28-12-13-33(30-9-2-1-3-10-30)36(24-28)44-42(50)52-39-27-46-20-18-31(39)19-21-46/h1-3,6,8-17,23-24,31,38-39,43,47-48H,4-5,7,18-22,25-27H2,(H,44,50)(H,45,49)/t38-,39-/m0/s1. The van der Waals surface area contributed by atoms with Crippen molar-refractivity contribution >= 4 is 22.7 Å². The molecule has 52 heavy (non-hydrogen) atoms. The number of amides is 1. The Morgan fingerprint density at radius 3 is 2.58 bits per heavy atom. The Bertz CT molecular complexity index is 2040. The van der Waals surface area contributed by atoms with Gasteiger partial charge in [-0.25, -0.2) is 4.79 Å². The number of anilines is 1. The Morgan fingerprint density at radius 1 is 0.923 bits per heavy atom. The highest BCUT2D eigenvalue weighted by atomic mass is 16.6. The van der Waals surface area contributed by atoms with Gasteiger partial charge in [-0.2, -0.15) is 0 Å². The molecule has 10 nitrogen and oxygen atoms in total. The summed E-state index contributed by atoms with van der Waals surface area (Å²) in [5.41, 5.74) is 5.55. The normalized spacial score (nSPS) is 18.6. The zero-order valence-corrected chi connectivity index (χ0v) is 29.2. The summed E-state index contributed by atoms with van der Waals surface area (Å²) in [7, 11) is 0. The van der Waals surface area contributed by atoms with Crippen molar-refractivity contribution in [2.24, 2.45) is 5.92 Å². The first-order valence-corrected chi connectivity index (χ1v) is 18.2. The molecule has 3 saturated heterocycles. The minimum absolute atomic E-state index is 0.0363. The van der Waals surface area contributed by atoms with Gasteiger partial charge in [-0.3, -0.25) is 15.0 Å². The van der Waals surface area contributed by atoms with E-state index >= 15 is 0 Å². The highest BCUT2D eigenvalue weighted by molar-refractivity contribution is 5.92. The highest BCUT2D eigenvalue weighted by Gasteiger charge is 2.36. The number of rotatable bonds is 14. The highest BCUT2D eigenvalue weighted by Crippen LogP contribution is 2.33. The number of phenolic OH excluding ortho intramolecular Hbond substituents is 1. The molecule has 0 unspecified atom stereocenters. The quantitative estimate of drug-likeness (QED) is 0.0801. The van der Waals surface area contributed by atoms with Crippen LogP contribution >= 0.6 is 0 Å². The Kier molecular flexibility index (Phi) is 11.2. The van der Waals surface area contributed by atoms with Gasteiger partial charge in [-0.1, -0.05) is 60.7 Å². The maximum atomic E-state index is 13.1. The molecule has 4 aromatic carbocycles. The fourth-order valence-corrected chi connectivity index (χ4v) is 7.42. The molecule has 0 aliphatic carbocycles. The number of phenols is 1. The first-order chi connectivity index (χ1) is 25.4. The van der Waals surface area contributed by atoms with Crippen LogP contribution in [-0.4, -0.2) is 65.1 Å². The molecule has 3 aliphatic rings. The number of carbonyl (C=O) groups excluding carboxylic acids is 1. The summed E-state index contributed by atoms with van der Waals surface area (Å²) in [5, 5.41) is 28.0. The molecule has 8 rings (SSSR count). The van der Waals surface area contributed by atoms with E-state index < -0.39 is 6.10 Å².